The fraction of sp³-hybridized carbons (Fsp3) is 0.316. The molecule has 4 nitrogen and oxygen atoms in total. The third-order valence-electron chi connectivity index (χ3n) is 3.43. The molecule has 2 aromatic rings. The minimum Gasteiger partial charge on any atom is -0.496 e. The molecule has 0 bridgehead atoms. The molecule has 1 N–H and O–H groups in total. The predicted molar refractivity (Wildman–Crippen MR) is 102 cm³/mol. The van der Waals surface area contributed by atoms with E-state index in [2.05, 4.69) is 19.2 Å². The zero-order valence-electron chi connectivity index (χ0n) is 14.4. The molecule has 0 aromatic heterocycles. The molecule has 6 heteroatoms. The van der Waals surface area contributed by atoms with Crippen LogP contribution in [-0.2, 0) is 11.3 Å². The number of hydrogen-bond donors (Lipinski definition) is 1. The number of anilines is 1. The Morgan fingerprint density at radius 1 is 1.12 bits per heavy atom. The normalized spacial score (nSPS) is 10.8. The lowest BCUT2D eigenvalue weighted by Gasteiger charge is -2.13. The van der Waals surface area contributed by atoms with Crippen LogP contribution in [0.15, 0.2) is 36.4 Å². The average Bonchev–Trinajstić information content (AvgIpc) is 2.57. The van der Waals surface area contributed by atoms with Gasteiger partial charge in [-0.1, -0.05) is 37.0 Å². The van der Waals surface area contributed by atoms with Crippen LogP contribution >= 0.6 is 23.2 Å². The molecule has 0 saturated carbocycles. The van der Waals surface area contributed by atoms with Gasteiger partial charge in [0.25, 0.3) is 5.91 Å². The number of carbonyl (C=O) groups is 1. The van der Waals surface area contributed by atoms with E-state index in [1.54, 1.807) is 43.5 Å². The van der Waals surface area contributed by atoms with Crippen LogP contribution in [0.2, 0.25) is 10.0 Å². The zero-order chi connectivity index (χ0) is 18.4. The standard InChI is InChI=1S/C19H21Cl2NO3/c1-12(2)10-25-11-14-8-13(4-7-18(14)24-3)19(23)22-15-5-6-16(20)17(21)9-15/h4-9,12H,10-11H2,1-3H3,(H,22,23). The van der Waals surface area contributed by atoms with Gasteiger partial charge in [-0.05, 0) is 42.3 Å². The third-order valence-corrected chi connectivity index (χ3v) is 4.17. The minimum atomic E-state index is -0.244. The highest BCUT2D eigenvalue weighted by Crippen LogP contribution is 2.26. The molecule has 0 heterocycles. The van der Waals surface area contributed by atoms with Crippen molar-refractivity contribution in [3.8, 4) is 5.75 Å². The van der Waals surface area contributed by atoms with Crippen molar-refractivity contribution < 1.29 is 14.3 Å². The first-order valence-electron chi connectivity index (χ1n) is 7.91. The maximum atomic E-state index is 12.5. The summed E-state index contributed by atoms with van der Waals surface area (Å²) < 4.78 is 11.0. The summed E-state index contributed by atoms with van der Waals surface area (Å²) in [4.78, 5) is 12.5. The largest absolute Gasteiger partial charge is 0.496 e. The summed E-state index contributed by atoms with van der Waals surface area (Å²) in [6.45, 7) is 5.19. The van der Waals surface area contributed by atoms with Gasteiger partial charge in [0.15, 0.2) is 0 Å². The van der Waals surface area contributed by atoms with Gasteiger partial charge in [0, 0.05) is 23.4 Å². The predicted octanol–water partition coefficient (Wildman–Crippen LogP) is 5.43. The maximum absolute atomic E-state index is 12.5. The van der Waals surface area contributed by atoms with Crippen LogP contribution in [0.5, 0.6) is 5.75 Å². The summed E-state index contributed by atoms with van der Waals surface area (Å²) in [7, 11) is 1.59. The van der Waals surface area contributed by atoms with E-state index >= 15 is 0 Å². The summed E-state index contributed by atoms with van der Waals surface area (Å²) in [6.07, 6.45) is 0. The molecule has 0 fully saturated rings. The highest BCUT2D eigenvalue weighted by molar-refractivity contribution is 6.42. The molecule has 0 atom stereocenters. The van der Waals surface area contributed by atoms with Crippen molar-refractivity contribution in [1.82, 2.24) is 0 Å². The van der Waals surface area contributed by atoms with Gasteiger partial charge in [0.05, 0.1) is 23.8 Å². The number of rotatable bonds is 7. The highest BCUT2D eigenvalue weighted by Gasteiger charge is 2.12. The number of benzene rings is 2. The quantitative estimate of drug-likeness (QED) is 0.695. The van der Waals surface area contributed by atoms with E-state index in [1.807, 2.05) is 0 Å². The number of carbonyl (C=O) groups excluding carboxylic acids is 1. The molecular formula is C19H21Cl2NO3. The Labute approximate surface area is 158 Å². The number of amides is 1. The Bertz CT molecular complexity index is 747. The molecular weight excluding hydrogens is 361 g/mol. The van der Waals surface area contributed by atoms with Crippen molar-refractivity contribution >= 4 is 34.8 Å². The second-order valence-corrected chi connectivity index (χ2v) is 6.83. The fourth-order valence-electron chi connectivity index (χ4n) is 2.21. The molecule has 134 valence electrons. The Kier molecular flexibility index (Phi) is 7.12. The third kappa shape index (κ3) is 5.63. The topological polar surface area (TPSA) is 47.6 Å². The average molecular weight is 382 g/mol. The molecule has 0 aliphatic rings. The minimum absolute atomic E-state index is 0.244. The summed E-state index contributed by atoms with van der Waals surface area (Å²) in [5.41, 5.74) is 1.91. The first kappa shape index (κ1) is 19.6. The Morgan fingerprint density at radius 3 is 2.52 bits per heavy atom. The first-order chi connectivity index (χ1) is 11.9. The molecule has 1 amide bonds. The summed E-state index contributed by atoms with van der Waals surface area (Å²) in [5.74, 6) is 0.883. The van der Waals surface area contributed by atoms with Crippen LogP contribution in [0.4, 0.5) is 5.69 Å². The first-order valence-corrected chi connectivity index (χ1v) is 8.67. The van der Waals surface area contributed by atoms with Crippen LogP contribution in [0, 0.1) is 5.92 Å². The van der Waals surface area contributed by atoms with Crippen LogP contribution in [-0.4, -0.2) is 19.6 Å². The Hall–Kier alpha value is -1.75. The van der Waals surface area contributed by atoms with E-state index in [9.17, 15) is 4.79 Å². The lowest BCUT2D eigenvalue weighted by Crippen LogP contribution is -2.13. The van der Waals surface area contributed by atoms with Crippen molar-refractivity contribution in [3.63, 3.8) is 0 Å². The van der Waals surface area contributed by atoms with Crippen LogP contribution in [0.25, 0.3) is 0 Å². The Morgan fingerprint density at radius 2 is 1.88 bits per heavy atom. The number of methoxy groups -OCH3 is 1. The van der Waals surface area contributed by atoms with E-state index < -0.39 is 0 Å². The fourth-order valence-corrected chi connectivity index (χ4v) is 2.51. The van der Waals surface area contributed by atoms with Crippen LogP contribution < -0.4 is 10.1 Å². The molecule has 0 radical (unpaired) electrons. The molecule has 0 spiro atoms. The second-order valence-electron chi connectivity index (χ2n) is 6.02. The van der Waals surface area contributed by atoms with Gasteiger partial charge >= 0.3 is 0 Å². The smallest absolute Gasteiger partial charge is 0.255 e. The number of nitrogens with one attached hydrogen (secondary N) is 1. The van der Waals surface area contributed by atoms with Crippen LogP contribution in [0.3, 0.4) is 0 Å². The number of hydrogen-bond acceptors (Lipinski definition) is 3. The van der Waals surface area contributed by atoms with E-state index in [0.717, 1.165) is 5.56 Å². The highest BCUT2D eigenvalue weighted by atomic mass is 35.5. The SMILES string of the molecule is COc1ccc(C(=O)Nc2ccc(Cl)c(Cl)c2)cc1COCC(C)C. The second kappa shape index (κ2) is 9.09. The summed E-state index contributed by atoms with van der Waals surface area (Å²) >= 11 is 11.9. The monoisotopic (exact) mass is 381 g/mol. The summed E-state index contributed by atoms with van der Waals surface area (Å²) in [6, 6.07) is 10.2. The zero-order valence-corrected chi connectivity index (χ0v) is 15.9. The molecule has 0 aliphatic heterocycles. The molecule has 2 aromatic carbocycles. The number of halogens is 2. The summed E-state index contributed by atoms with van der Waals surface area (Å²) in [5, 5.41) is 3.63. The van der Waals surface area contributed by atoms with Gasteiger partial charge in [0.2, 0.25) is 0 Å². The van der Waals surface area contributed by atoms with Gasteiger partial charge in [-0.15, -0.1) is 0 Å². The molecule has 2 rings (SSSR count). The number of ether oxygens (including phenoxy) is 2. The van der Waals surface area contributed by atoms with E-state index in [-0.39, 0.29) is 5.91 Å². The molecule has 0 aliphatic carbocycles. The lowest BCUT2D eigenvalue weighted by molar-refractivity contribution is 0.0952. The Balaban J connectivity index is 2.14. The maximum Gasteiger partial charge on any atom is 0.255 e. The van der Waals surface area contributed by atoms with Crippen molar-refractivity contribution in [2.45, 2.75) is 20.5 Å². The van der Waals surface area contributed by atoms with Crippen molar-refractivity contribution in [2.24, 2.45) is 5.92 Å². The molecule has 0 saturated heterocycles. The van der Waals surface area contributed by atoms with E-state index in [4.69, 9.17) is 32.7 Å². The molecule has 0 unspecified atom stereocenters. The van der Waals surface area contributed by atoms with Gasteiger partial charge in [-0.25, -0.2) is 0 Å². The lowest BCUT2D eigenvalue weighted by atomic mass is 10.1. The van der Waals surface area contributed by atoms with E-state index in [0.29, 0.717) is 46.2 Å². The van der Waals surface area contributed by atoms with Gasteiger partial charge < -0.3 is 14.8 Å². The van der Waals surface area contributed by atoms with Gasteiger partial charge in [-0.3, -0.25) is 4.79 Å². The van der Waals surface area contributed by atoms with Crippen molar-refractivity contribution in [2.75, 3.05) is 19.0 Å². The van der Waals surface area contributed by atoms with Crippen LogP contribution in [0.1, 0.15) is 29.8 Å². The van der Waals surface area contributed by atoms with Gasteiger partial charge in [0.1, 0.15) is 5.75 Å². The van der Waals surface area contributed by atoms with E-state index in [1.165, 1.54) is 0 Å². The van der Waals surface area contributed by atoms with Gasteiger partial charge in [-0.2, -0.15) is 0 Å². The van der Waals surface area contributed by atoms with Crippen molar-refractivity contribution in [3.05, 3.63) is 57.6 Å². The molecule has 25 heavy (non-hydrogen) atoms. The van der Waals surface area contributed by atoms with Crippen molar-refractivity contribution in [1.29, 1.82) is 0 Å².